The molecule has 0 radical (unpaired) electrons. The number of hydrogen-bond acceptors (Lipinski definition) is 6. The van der Waals surface area contributed by atoms with Crippen molar-refractivity contribution in [1.29, 1.82) is 0 Å². The SMILES string of the molecule is Cc1ccnnc1-c1cn[nH]c1C(=O)Nc1cc2nc(-c3ccccc3)nn2cc1F. The third-order valence-electron chi connectivity index (χ3n) is 4.75. The number of aromatic amines is 1. The van der Waals surface area contributed by atoms with E-state index in [9.17, 15) is 9.18 Å². The van der Waals surface area contributed by atoms with Crippen LogP contribution >= 0.6 is 0 Å². The summed E-state index contributed by atoms with van der Waals surface area (Å²) in [6.45, 7) is 1.85. The Morgan fingerprint density at radius 1 is 1.19 bits per heavy atom. The highest BCUT2D eigenvalue weighted by Crippen LogP contribution is 2.25. The summed E-state index contributed by atoms with van der Waals surface area (Å²) in [6.07, 6.45) is 4.22. The minimum absolute atomic E-state index is 0.0269. The number of benzene rings is 1. The Balaban J connectivity index is 1.47. The molecule has 1 aromatic carbocycles. The van der Waals surface area contributed by atoms with Crippen LogP contribution in [0.5, 0.6) is 0 Å². The van der Waals surface area contributed by atoms with Crippen molar-refractivity contribution >= 4 is 17.2 Å². The second kappa shape index (κ2) is 7.41. The molecule has 1 amide bonds. The zero-order chi connectivity index (χ0) is 21.4. The van der Waals surface area contributed by atoms with Gasteiger partial charge < -0.3 is 5.32 Å². The van der Waals surface area contributed by atoms with Gasteiger partial charge in [0, 0.05) is 17.8 Å². The summed E-state index contributed by atoms with van der Waals surface area (Å²) in [4.78, 5) is 17.3. The molecular formula is C21H15FN8O. The van der Waals surface area contributed by atoms with Crippen LogP contribution < -0.4 is 5.32 Å². The Kier molecular flexibility index (Phi) is 4.43. The Morgan fingerprint density at radius 2 is 2.03 bits per heavy atom. The lowest BCUT2D eigenvalue weighted by Gasteiger charge is -2.07. The molecule has 2 N–H and O–H groups in total. The molecule has 0 aliphatic rings. The third-order valence-corrected chi connectivity index (χ3v) is 4.75. The van der Waals surface area contributed by atoms with Crippen molar-refractivity contribution in [3.63, 3.8) is 0 Å². The van der Waals surface area contributed by atoms with Gasteiger partial charge in [0.15, 0.2) is 17.3 Å². The van der Waals surface area contributed by atoms with E-state index in [2.05, 4.69) is 35.8 Å². The smallest absolute Gasteiger partial charge is 0.274 e. The number of rotatable bonds is 4. The molecule has 0 saturated heterocycles. The maximum absolute atomic E-state index is 14.7. The van der Waals surface area contributed by atoms with Crippen LogP contribution in [-0.4, -0.2) is 40.9 Å². The van der Waals surface area contributed by atoms with E-state index in [4.69, 9.17) is 0 Å². The van der Waals surface area contributed by atoms with Crippen LogP contribution in [0, 0.1) is 12.7 Å². The third kappa shape index (κ3) is 3.39. The molecule has 5 rings (SSSR count). The lowest BCUT2D eigenvalue weighted by atomic mass is 10.1. The fourth-order valence-corrected chi connectivity index (χ4v) is 3.19. The molecule has 152 valence electrons. The van der Waals surface area contributed by atoms with Crippen LogP contribution in [0.3, 0.4) is 0 Å². The Hall–Kier alpha value is -4.47. The lowest BCUT2D eigenvalue weighted by molar-refractivity contribution is 0.102. The maximum Gasteiger partial charge on any atom is 0.274 e. The molecule has 31 heavy (non-hydrogen) atoms. The standard InChI is InChI=1S/C21H15FN8O/c1-12-7-8-23-27-18(12)14-10-24-28-19(14)21(31)25-16-9-17-26-20(13-5-3-2-4-6-13)29-30(17)11-15(16)22/h2-11H,1H3,(H,24,28)(H,25,31). The fraction of sp³-hybridized carbons (Fsp3) is 0.0476. The summed E-state index contributed by atoms with van der Waals surface area (Å²) in [6, 6.07) is 12.6. The molecule has 0 aliphatic carbocycles. The van der Waals surface area contributed by atoms with Crippen LogP contribution in [0.1, 0.15) is 16.1 Å². The second-order valence-corrected chi connectivity index (χ2v) is 6.81. The van der Waals surface area contributed by atoms with E-state index < -0.39 is 11.7 Å². The van der Waals surface area contributed by atoms with Crippen LogP contribution in [0.4, 0.5) is 10.1 Å². The molecule has 0 spiro atoms. The summed E-state index contributed by atoms with van der Waals surface area (Å²) in [7, 11) is 0. The van der Waals surface area contributed by atoms with E-state index in [0.717, 1.165) is 11.1 Å². The first kappa shape index (κ1) is 18.6. The highest BCUT2D eigenvalue weighted by atomic mass is 19.1. The van der Waals surface area contributed by atoms with E-state index in [1.54, 1.807) is 12.3 Å². The number of carbonyl (C=O) groups is 1. The molecule has 5 aromatic rings. The number of amides is 1. The Labute approximate surface area is 175 Å². The molecule has 0 bridgehead atoms. The first-order valence-corrected chi connectivity index (χ1v) is 9.35. The normalized spacial score (nSPS) is 11.0. The summed E-state index contributed by atoms with van der Waals surface area (Å²) in [5, 5.41) is 21.4. The predicted molar refractivity (Wildman–Crippen MR) is 111 cm³/mol. The average molecular weight is 414 g/mol. The summed E-state index contributed by atoms with van der Waals surface area (Å²) >= 11 is 0. The number of H-pyrrole nitrogens is 1. The fourth-order valence-electron chi connectivity index (χ4n) is 3.19. The van der Waals surface area contributed by atoms with Crippen molar-refractivity contribution in [3.8, 4) is 22.6 Å². The Morgan fingerprint density at radius 3 is 2.84 bits per heavy atom. The molecule has 0 saturated carbocycles. The van der Waals surface area contributed by atoms with Gasteiger partial charge in [-0.05, 0) is 18.6 Å². The van der Waals surface area contributed by atoms with Gasteiger partial charge >= 0.3 is 0 Å². The molecule has 4 aromatic heterocycles. The van der Waals surface area contributed by atoms with Crippen LogP contribution in [0.25, 0.3) is 28.3 Å². The number of fused-ring (bicyclic) bond motifs is 1. The average Bonchev–Trinajstić information content (AvgIpc) is 3.42. The molecule has 0 fully saturated rings. The quantitative estimate of drug-likeness (QED) is 0.467. The van der Waals surface area contributed by atoms with Crippen molar-refractivity contribution in [2.24, 2.45) is 0 Å². The van der Waals surface area contributed by atoms with Crippen LogP contribution in [0.15, 0.2) is 61.1 Å². The number of aromatic nitrogens is 7. The van der Waals surface area contributed by atoms with Gasteiger partial charge in [-0.3, -0.25) is 9.89 Å². The zero-order valence-corrected chi connectivity index (χ0v) is 16.2. The van der Waals surface area contributed by atoms with E-state index in [-0.39, 0.29) is 11.4 Å². The van der Waals surface area contributed by atoms with Gasteiger partial charge in [-0.1, -0.05) is 30.3 Å². The molecule has 0 unspecified atom stereocenters. The Bertz CT molecular complexity index is 1410. The van der Waals surface area contributed by atoms with E-state index in [0.29, 0.717) is 22.7 Å². The number of nitrogens with zero attached hydrogens (tertiary/aromatic N) is 6. The van der Waals surface area contributed by atoms with E-state index in [1.165, 1.54) is 23.0 Å². The van der Waals surface area contributed by atoms with Gasteiger partial charge in [-0.2, -0.15) is 15.3 Å². The van der Waals surface area contributed by atoms with Gasteiger partial charge in [0.2, 0.25) is 0 Å². The molecule has 4 heterocycles. The van der Waals surface area contributed by atoms with Crippen molar-refractivity contribution in [3.05, 3.63) is 78.1 Å². The van der Waals surface area contributed by atoms with Gasteiger partial charge in [-0.25, -0.2) is 13.9 Å². The number of carbonyl (C=O) groups excluding carboxylic acids is 1. The topological polar surface area (TPSA) is 114 Å². The van der Waals surface area contributed by atoms with Gasteiger partial charge in [0.1, 0.15) is 5.69 Å². The zero-order valence-electron chi connectivity index (χ0n) is 16.2. The molecule has 0 aliphatic heterocycles. The van der Waals surface area contributed by atoms with Crippen molar-refractivity contribution < 1.29 is 9.18 Å². The number of pyridine rings is 1. The highest BCUT2D eigenvalue weighted by Gasteiger charge is 2.20. The maximum atomic E-state index is 14.7. The number of nitrogens with one attached hydrogen (secondary N) is 2. The largest absolute Gasteiger partial charge is 0.318 e. The molecule has 10 heteroatoms. The van der Waals surface area contributed by atoms with Crippen molar-refractivity contribution in [2.45, 2.75) is 6.92 Å². The second-order valence-electron chi connectivity index (χ2n) is 6.81. The minimum atomic E-state index is -0.651. The predicted octanol–water partition coefficient (Wildman–Crippen LogP) is 3.28. The number of hydrogen-bond donors (Lipinski definition) is 2. The van der Waals surface area contributed by atoms with Crippen molar-refractivity contribution in [1.82, 2.24) is 35.0 Å². The lowest BCUT2D eigenvalue weighted by Crippen LogP contribution is -2.15. The number of halogens is 1. The van der Waals surface area contributed by atoms with Gasteiger partial charge in [-0.15, -0.1) is 5.10 Å². The van der Waals surface area contributed by atoms with Crippen LogP contribution in [0.2, 0.25) is 0 Å². The number of aryl methyl sites for hydroxylation is 1. The first-order valence-electron chi connectivity index (χ1n) is 9.35. The van der Waals surface area contributed by atoms with Crippen molar-refractivity contribution in [2.75, 3.05) is 5.32 Å². The summed E-state index contributed by atoms with van der Waals surface area (Å²) < 4.78 is 16.0. The van der Waals surface area contributed by atoms with Gasteiger partial charge in [0.25, 0.3) is 5.91 Å². The molecular weight excluding hydrogens is 399 g/mol. The van der Waals surface area contributed by atoms with Gasteiger partial charge in [0.05, 0.1) is 29.3 Å². The van der Waals surface area contributed by atoms with Crippen LogP contribution in [-0.2, 0) is 0 Å². The molecule has 0 atom stereocenters. The minimum Gasteiger partial charge on any atom is -0.318 e. The number of anilines is 1. The van der Waals surface area contributed by atoms with E-state index in [1.807, 2.05) is 37.3 Å². The summed E-state index contributed by atoms with van der Waals surface area (Å²) in [5.74, 6) is -0.761. The summed E-state index contributed by atoms with van der Waals surface area (Å²) in [5.41, 5.74) is 3.13. The molecule has 9 nitrogen and oxygen atoms in total. The van der Waals surface area contributed by atoms with E-state index >= 15 is 0 Å². The monoisotopic (exact) mass is 414 g/mol. The first-order chi connectivity index (χ1) is 15.1. The highest BCUT2D eigenvalue weighted by molar-refractivity contribution is 6.07.